The fraction of sp³-hybridized carbons (Fsp3) is 0.111. The number of hydrogen-bond donors (Lipinski definition) is 2. The quantitative estimate of drug-likeness (QED) is 0.676. The molecule has 8 heteroatoms. The van der Waals surface area contributed by atoms with Crippen molar-refractivity contribution >= 4 is 5.95 Å². The van der Waals surface area contributed by atoms with Crippen LogP contribution < -0.4 is 5.73 Å². The van der Waals surface area contributed by atoms with Gasteiger partial charge in [0.05, 0.1) is 11.8 Å². The van der Waals surface area contributed by atoms with Crippen LogP contribution in [0.4, 0.5) is 5.95 Å². The summed E-state index contributed by atoms with van der Waals surface area (Å²) in [6.07, 6.45) is 1.56. The van der Waals surface area contributed by atoms with E-state index in [0.29, 0.717) is 11.6 Å². The first-order valence-electron chi connectivity index (χ1n) is 4.80. The van der Waals surface area contributed by atoms with Crippen LogP contribution in [-0.4, -0.2) is 25.3 Å². The Morgan fingerprint density at radius 1 is 1.35 bits per heavy atom. The number of furan rings is 1. The van der Waals surface area contributed by atoms with Gasteiger partial charge in [-0.15, -0.1) is 5.10 Å². The Morgan fingerprint density at radius 3 is 2.88 bits per heavy atom. The summed E-state index contributed by atoms with van der Waals surface area (Å²) < 4.78 is 10.2. The van der Waals surface area contributed by atoms with Crippen molar-refractivity contribution in [1.82, 2.24) is 25.3 Å². The van der Waals surface area contributed by atoms with E-state index in [1.807, 2.05) is 6.92 Å². The summed E-state index contributed by atoms with van der Waals surface area (Å²) in [4.78, 5) is 8.06. The van der Waals surface area contributed by atoms with Crippen LogP contribution in [0.25, 0.3) is 23.1 Å². The zero-order valence-electron chi connectivity index (χ0n) is 8.84. The number of aryl methyl sites for hydroxylation is 1. The third kappa shape index (κ3) is 1.55. The van der Waals surface area contributed by atoms with Gasteiger partial charge in [-0.2, -0.15) is 9.97 Å². The standard InChI is InChI=1S/C9H8N6O2/c1-4-5(2-3-16-4)6-11-8(17-15-6)7-12-9(10)14-13-7/h2-3H,1H3,(H3,10,12,13,14). The van der Waals surface area contributed by atoms with Crippen molar-refractivity contribution in [2.45, 2.75) is 6.92 Å². The van der Waals surface area contributed by atoms with Crippen LogP contribution in [0.2, 0.25) is 0 Å². The van der Waals surface area contributed by atoms with Crippen LogP contribution in [-0.2, 0) is 0 Å². The monoisotopic (exact) mass is 232 g/mol. The van der Waals surface area contributed by atoms with Crippen LogP contribution >= 0.6 is 0 Å². The lowest BCUT2D eigenvalue weighted by Gasteiger charge is -1.87. The molecule has 0 unspecified atom stereocenters. The summed E-state index contributed by atoms with van der Waals surface area (Å²) in [6.45, 7) is 1.82. The zero-order chi connectivity index (χ0) is 11.8. The molecule has 0 fully saturated rings. The Morgan fingerprint density at radius 2 is 2.24 bits per heavy atom. The van der Waals surface area contributed by atoms with Gasteiger partial charge in [-0.25, -0.2) is 0 Å². The van der Waals surface area contributed by atoms with Gasteiger partial charge in [-0.05, 0) is 13.0 Å². The number of anilines is 1. The Kier molecular flexibility index (Phi) is 1.94. The average molecular weight is 232 g/mol. The predicted octanol–water partition coefficient (Wildman–Crippen LogP) is 1.01. The van der Waals surface area contributed by atoms with Crippen LogP contribution in [0.5, 0.6) is 0 Å². The van der Waals surface area contributed by atoms with Gasteiger partial charge in [0.15, 0.2) is 0 Å². The molecule has 8 nitrogen and oxygen atoms in total. The summed E-state index contributed by atoms with van der Waals surface area (Å²) in [5.41, 5.74) is 6.15. The Hall–Kier alpha value is -2.64. The van der Waals surface area contributed by atoms with Crippen molar-refractivity contribution in [3.8, 4) is 23.1 Å². The molecule has 0 aromatic carbocycles. The molecule has 3 aromatic heterocycles. The van der Waals surface area contributed by atoms with Crippen LogP contribution in [0.1, 0.15) is 5.76 Å². The SMILES string of the molecule is Cc1occc1-c1noc(-c2nc(N)n[nH]2)n1. The lowest BCUT2D eigenvalue weighted by molar-refractivity contribution is 0.429. The van der Waals surface area contributed by atoms with Crippen LogP contribution in [0.15, 0.2) is 21.3 Å². The highest BCUT2D eigenvalue weighted by Gasteiger charge is 2.16. The molecule has 3 rings (SSSR count). The van der Waals surface area contributed by atoms with Crippen molar-refractivity contribution in [1.29, 1.82) is 0 Å². The summed E-state index contributed by atoms with van der Waals surface area (Å²) in [5, 5.41) is 10.1. The second-order valence-electron chi connectivity index (χ2n) is 3.36. The van der Waals surface area contributed by atoms with E-state index in [2.05, 4.69) is 25.3 Å². The molecular weight excluding hydrogens is 224 g/mol. The van der Waals surface area contributed by atoms with Crippen molar-refractivity contribution < 1.29 is 8.94 Å². The van der Waals surface area contributed by atoms with E-state index in [1.165, 1.54) is 0 Å². The molecule has 0 aliphatic carbocycles. The molecule has 0 saturated heterocycles. The number of nitrogen functional groups attached to an aromatic ring is 1. The Bertz CT molecular complexity index is 652. The lowest BCUT2D eigenvalue weighted by atomic mass is 10.2. The second-order valence-corrected chi connectivity index (χ2v) is 3.36. The highest BCUT2D eigenvalue weighted by molar-refractivity contribution is 5.58. The average Bonchev–Trinajstić information content (AvgIpc) is 2.97. The predicted molar refractivity (Wildman–Crippen MR) is 56.5 cm³/mol. The lowest BCUT2D eigenvalue weighted by Crippen LogP contribution is -1.85. The van der Waals surface area contributed by atoms with Crippen LogP contribution in [0, 0.1) is 6.92 Å². The van der Waals surface area contributed by atoms with Crippen molar-refractivity contribution in [2.75, 3.05) is 5.73 Å². The first-order valence-corrected chi connectivity index (χ1v) is 4.80. The fourth-order valence-electron chi connectivity index (χ4n) is 1.42. The summed E-state index contributed by atoms with van der Waals surface area (Å²) >= 11 is 0. The maximum absolute atomic E-state index is 5.38. The minimum atomic E-state index is 0.124. The molecule has 0 radical (unpaired) electrons. The molecule has 0 atom stereocenters. The largest absolute Gasteiger partial charge is 0.469 e. The molecule has 17 heavy (non-hydrogen) atoms. The molecular formula is C9H8N6O2. The molecule has 0 amide bonds. The number of hydrogen-bond acceptors (Lipinski definition) is 7. The Labute approximate surface area is 94.8 Å². The number of H-pyrrole nitrogens is 1. The first-order chi connectivity index (χ1) is 8.24. The minimum Gasteiger partial charge on any atom is -0.469 e. The number of nitrogens with zero attached hydrogens (tertiary/aromatic N) is 4. The highest BCUT2D eigenvalue weighted by Crippen LogP contribution is 2.23. The third-order valence-corrected chi connectivity index (χ3v) is 2.23. The van der Waals surface area contributed by atoms with Gasteiger partial charge in [-0.3, -0.25) is 5.10 Å². The number of rotatable bonds is 2. The summed E-state index contributed by atoms with van der Waals surface area (Å²) in [5.74, 6) is 1.84. The van der Waals surface area contributed by atoms with Crippen LogP contribution in [0.3, 0.4) is 0 Å². The van der Waals surface area contributed by atoms with E-state index in [-0.39, 0.29) is 11.8 Å². The minimum absolute atomic E-state index is 0.124. The van der Waals surface area contributed by atoms with E-state index in [0.717, 1.165) is 11.3 Å². The zero-order valence-corrected chi connectivity index (χ0v) is 8.84. The van der Waals surface area contributed by atoms with E-state index in [9.17, 15) is 0 Å². The van der Waals surface area contributed by atoms with Gasteiger partial charge in [-0.1, -0.05) is 5.16 Å². The Balaban J connectivity index is 2.01. The van der Waals surface area contributed by atoms with E-state index in [4.69, 9.17) is 14.7 Å². The third-order valence-electron chi connectivity index (χ3n) is 2.23. The number of nitrogens with one attached hydrogen (secondary N) is 1. The van der Waals surface area contributed by atoms with E-state index >= 15 is 0 Å². The molecule has 86 valence electrons. The van der Waals surface area contributed by atoms with Gasteiger partial charge in [0.2, 0.25) is 17.6 Å². The maximum Gasteiger partial charge on any atom is 0.295 e. The number of nitrogens with two attached hydrogens (primary N) is 1. The summed E-state index contributed by atoms with van der Waals surface area (Å²) in [6, 6.07) is 1.76. The second kappa shape index (κ2) is 3.44. The topological polar surface area (TPSA) is 120 Å². The molecule has 3 aromatic rings. The smallest absolute Gasteiger partial charge is 0.295 e. The van der Waals surface area contributed by atoms with Gasteiger partial charge in [0.25, 0.3) is 5.89 Å². The van der Waals surface area contributed by atoms with Gasteiger partial charge in [0, 0.05) is 0 Å². The van der Waals surface area contributed by atoms with E-state index < -0.39 is 0 Å². The van der Waals surface area contributed by atoms with E-state index in [1.54, 1.807) is 12.3 Å². The van der Waals surface area contributed by atoms with Crippen molar-refractivity contribution in [2.24, 2.45) is 0 Å². The molecule has 3 N–H and O–H groups in total. The van der Waals surface area contributed by atoms with Crippen molar-refractivity contribution in [3.63, 3.8) is 0 Å². The van der Waals surface area contributed by atoms with Gasteiger partial charge in [0.1, 0.15) is 5.76 Å². The van der Waals surface area contributed by atoms with Crippen molar-refractivity contribution in [3.05, 3.63) is 18.1 Å². The van der Waals surface area contributed by atoms with Gasteiger partial charge >= 0.3 is 0 Å². The molecule has 3 heterocycles. The molecule has 0 aliphatic heterocycles. The normalized spacial score (nSPS) is 10.9. The summed E-state index contributed by atoms with van der Waals surface area (Å²) in [7, 11) is 0. The molecule has 0 saturated carbocycles. The number of aromatic amines is 1. The maximum atomic E-state index is 5.38. The highest BCUT2D eigenvalue weighted by atomic mass is 16.5. The van der Waals surface area contributed by atoms with Gasteiger partial charge < -0.3 is 14.7 Å². The molecule has 0 spiro atoms. The molecule has 0 aliphatic rings. The first kappa shape index (κ1) is 9.58. The fourth-order valence-corrected chi connectivity index (χ4v) is 1.42. The molecule has 0 bridgehead atoms. The number of aromatic nitrogens is 5.